The Balaban J connectivity index is 1.75. The van der Waals surface area contributed by atoms with E-state index in [4.69, 9.17) is 16.3 Å². The van der Waals surface area contributed by atoms with Crippen LogP contribution in [0.1, 0.15) is 44.8 Å². The normalized spacial score (nSPS) is 13.4. The number of anilines is 1. The van der Waals surface area contributed by atoms with Gasteiger partial charge in [0.15, 0.2) is 0 Å². The van der Waals surface area contributed by atoms with Gasteiger partial charge < -0.3 is 10.1 Å². The first-order valence-corrected chi connectivity index (χ1v) is 11.3. The first-order valence-electron chi connectivity index (χ1n) is 10.1. The van der Waals surface area contributed by atoms with Gasteiger partial charge in [-0.15, -0.1) is 11.3 Å². The predicted molar refractivity (Wildman–Crippen MR) is 127 cm³/mol. The van der Waals surface area contributed by atoms with E-state index in [9.17, 15) is 9.59 Å². The zero-order chi connectivity index (χ0) is 21.8. The molecule has 0 spiro atoms. The first-order chi connectivity index (χ1) is 15.1. The Morgan fingerprint density at radius 2 is 1.74 bits per heavy atom. The van der Waals surface area contributed by atoms with Crippen LogP contribution in [-0.4, -0.2) is 19.0 Å². The number of amides is 1. The molecule has 1 aromatic heterocycles. The Labute approximate surface area is 190 Å². The lowest BCUT2D eigenvalue weighted by molar-refractivity contribution is -0.111. The largest absolute Gasteiger partial charge is 0.465 e. The molecule has 1 aliphatic carbocycles. The van der Waals surface area contributed by atoms with Crippen molar-refractivity contribution < 1.29 is 14.3 Å². The van der Waals surface area contributed by atoms with Gasteiger partial charge in [0.05, 0.1) is 12.7 Å². The number of benzene rings is 2. The van der Waals surface area contributed by atoms with Gasteiger partial charge in [0.25, 0.3) is 5.91 Å². The van der Waals surface area contributed by atoms with Gasteiger partial charge in [-0.25, -0.2) is 4.79 Å². The molecule has 6 heteroatoms. The summed E-state index contributed by atoms with van der Waals surface area (Å²) >= 11 is 7.81. The lowest BCUT2D eigenvalue weighted by atomic mass is 9.95. The summed E-state index contributed by atoms with van der Waals surface area (Å²) in [4.78, 5) is 27.1. The first kappa shape index (κ1) is 21.3. The number of halogens is 1. The molecule has 4 rings (SSSR count). The Morgan fingerprint density at radius 1 is 1.03 bits per heavy atom. The Bertz CT molecular complexity index is 1150. The van der Waals surface area contributed by atoms with Gasteiger partial charge in [0.2, 0.25) is 0 Å². The number of carbonyl (C=O) groups excluding carboxylic acids is 2. The molecule has 1 amide bonds. The topological polar surface area (TPSA) is 55.4 Å². The maximum atomic E-state index is 13.4. The number of rotatable bonds is 5. The molecule has 3 aromatic rings. The summed E-state index contributed by atoms with van der Waals surface area (Å²) in [6.07, 6.45) is 5.64. The molecule has 0 unspecified atom stereocenters. The van der Waals surface area contributed by atoms with Crippen molar-refractivity contribution in [2.75, 3.05) is 12.4 Å². The van der Waals surface area contributed by atoms with Gasteiger partial charge in [-0.1, -0.05) is 60.1 Å². The highest BCUT2D eigenvalue weighted by atomic mass is 35.5. The minimum absolute atomic E-state index is 0.296. The summed E-state index contributed by atoms with van der Waals surface area (Å²) in [7, 11) is 1.37. The number of hydrogen-bond acceptors (Lipinski definition) is 4. The lowest BCUT2D eigenvalue weighted by Gasteiger charge is -2.12. The number of fused-ring (bicyclic) bond motifs is 1. The second kappa shape index (κ2) is 9.50. The molecule has 0 fully saturated rings. The summed E-state index contributed by atoms with van der Waals surface area (Å²) in [6, 6.07) is 16.8. The van der Waals surface area contributed by atoms with Gasteiger partial charge in [-0.05, 0) is 54.5 Å². The number of methoxy groups -OCH3 is 1. The number of carbonyl (C=O) groups is 2. The van der Waals surface area contributed by atoms with Crippen molar-refractivity contribution in [3.63, 3.8) is 0 Å². The second-order valence-electron chi connectivity index (χ2n) is 7.31. The van der Waals surface area contributed by atoms with E-state index in [1.807, 2.05) is 48.5 Å². The number of hydrogen-bond donors (Lipinski definition) is 1. The molecule has 4 nitrogen and oxygen atoms in total. The van der Waals surface area contributed by atoms with Crippen LogP contribution in [0, 0.1) is 0 Å². The summed E-state index contributed by atoms with van der Waals surface area (Å²) in [6.45, 7) is 0. The third-order valence-electron chi connectivity index (χ3n) is 5.32. The molecule has 2 aromatic carbocycles. The molecule has 0 aliphatic heterocycles. The molecule has 31 heavy (non-hydrogen) atoms. The van der Waals surface area contributed by atoms with Crippen molar-refractivity contribution in [2.45, 2.75) is 25.7 Å². The molecular formula is C25H22ClNO3S. The summed E-state index contributed by atoms with van der Waals surface area (Å²) < 4.78 is 5.02. The SMILES string of the molecule is COC(=O)c1c(NC(=O)/C(=C/c2ccccc2Cl)c2ccccc2)sc2c1CCCC2. The van der Waals surface area contributed by atoms with Crippen LogP contribution in [0.5, 0.6) is 0 Å². The highest BCUT2D eigenvalue weighted by Crippen LogP contribution is 2.39. The fourth-order valence-electron chi connectivity index (χ4n) is 3.79. The number of thiophene rings is 1. The van der Waals surface area contributed by atoms with E-state index < -0.39 is 5.97 Å². The number of esters is 1. The monoisotopic (exact) mass is 451 g/mol. The molecule has 0 radical (unpaired) electrons. The highest BCUT2D eigenvalue weighted by molar-refractivity contribution is 7.17. The molecule has 0 bridgehead atoms. The van der Waals surface area contributed by atoms with Crippen molar-refractivity contribution >= 4 is 51.5 Å². The van der Waals surface area contributed by atoms with E-state index >= 15 is 0 Å². The fourth-order valence-corrected chi connectivity index (χ4v) is 5.25. The van der Waals surface area contributed by atoms with Crippen LogP contribution in [0.25, 0.3) is 11.6 Å². The molecule has 1 aliphatic rings. The van der Waals surface area contributed by atoms with Crippen LogP contribution in [0.4, 0.5) is 5.00 Å². The number of ether oxygens (including phenoxy) is 1. The third-order valence-corrected chi connectivity index (χ3v) is 6.87. The molecule has 0 saturated heterocycles. The van der Waals surface area contributed by atoms with Crippen molar-refractivity contribution in [2.24, 2.45) is 0 Å². The standard InChI is InChI=1S/C25H22ClNO3S/c1-30-25(29)22-18-12-6-8-14-21(18)31-24(22)27-23(28)19(16-9-3-2-4-10-16)15-17-11-5-7-13-20(17)26/h2-5,7,9-11,13,15H,6,8,12,14H2,1H3,(H,27,28)/b19-15+. The van der Waals surface area contributed by atoms with E-state index in [0.717, 1.165) is 47.3 Å². The molecule has 1 heterocycles. The fraction of sp³-hybridized carbons (Fsp3) is 0.200. The Morgan fingerprint density at radius 3 is 2.48 bits per heavy atom. The van der Waals surface area contributed by atoms with Crippen LogP contribution < -0.4 is 5.32 Å². The molecule has 0 atom stereocenters. The summed E-state index contributed by atoms with van der Waals surface area (Å²) in [5.41, 5.74) is 3.48. The molecule has 0 saturated carbocycles. The van der Waals surface area contributed by atoms with Crippen LogP contribution in [0.3, 0.4) is 0 Å². The minimum Gasteiger partial charge on any atom is -0.465 e. The van der Waals surface area contributed by atoms with Gasteiger partial charge in [0.1, 0.15) is 5.00 Å². The van der Waals surface area contributed by atoms with Gasteiger partial charge in [-0.2, -0.15) is 0 Å². The minimum atomic E-state index is -0.411. The van der Waals surface area contributed by atoms with E-state index in [2.05, 4.69) is 5.32 Å². The van der Waals surface area contributed by atoms with E-state index in [1.165, 1.54) is 18.4 Å². The zero-order valence-corrected chi connectivity index (χ0v) is 18.7. The van der Waals surface area contributed by atoms with Gasteiger partial charge >= 0.3 is 5.97 Å². The van der Waals surface area contributed by atoms with Crippen molar-refractivity contribution in [3.8, 4) is 0 Å². The smallest absolute Gasteiger partial charge is 0.341 e. The summed E-state index contributed by atoms with van der Waals surface area (Å²) in [5.74, 6) is -0.707. The number of aryl methyl sites for hydroxylation is 1. The van der Waals surface area contributed by atoms with Gasteiger partial charge in [-0.3, -0.25) is 4.79 Å². The Kier molecular flexibility index (Phi) is 6.54. The van der Waals surface area contributed by atoms with Crippen molar-refractivity contribution in [3.05, 3.63) is 86.8 Å². The van der Waals surface area contributed by atoms with Crippen LogP contribution in [0.15, 0.2) is 54.6 Å². The average molecular weight is 452 g/mol. The van der Waals surface area contributed by atoms with Crippen LogP contribution in [-0.2, 0) is 22.4 Å². The van der Waals surface area contributed by atoms with Crippen molar-refractivity contribution in [1.29, 1.82) is 0 Å². The second-order valence-corrected chi connectivity index (χ2v) is 8.82. The highest BCUT2D eigenvalue weighted by Gasteiger charge is 2.27. The van der Waals surface area contributed by atoms with Crippen LogP contribution in [0.2, 0.25) is 5.02 Å². The predicted octanol–water partition coefficient (Wildman–Crippen LogP) is 6.25. The van der Waals surface area contributed by atoms with Crippen molar-refractivity contribution in [1.82, 2.24) is 0 Å². The quantitative estimate of drug-likeness (QED) is 0.283. The maximum absolute atomic E-state index is 13.4. The molecule has 158 valence electrons. The molecule has 1 N–H and O–H groups in total. The van der Waals surface area contributed by atoms with Crippen LogP contribution >= 0.6 is 22.9 Å². The van der Waals surface area contributed by atoms with E-state index in [1.54, 1.807) is 12.1 Å². The third kappa shape index (κ3) is 4.58. The lowest BCUT2D eigenvalue weighted by Crippen LogP contribution is -2.16. The maximum Gasteiger partial charge on any atom is 0.341 e. The van der Waals surface area contributed by atoms with Gasteiger partial charge in [0, 0.05) is 15.5 Å². The van der Waals surface area contributed by atoms with E-state index in [-0.39, 0.29) is 5.91 Å². The number of nitrogens with one attached hydrogen (secondary N) is 1. The molecular weight excluding hydrogens is 430 g/mol. The zero-order valence-electron chi connectivity index (χ0n) is 17.1. The van der Waals surface area contributed by atoms with E-state index in [0.29, 0.717) is 21.2 Å². The Hall–Kier alpha value is -2.89. The summed E-state index contributed by atoms with van der Waals surface area (Å²) in [5, 5.41) is 4.10. The average Bonchev–Trinajstić information content (AvgIpc) is 3.16.